The molecule has 1 aliphatic heterocycles. The molecule has 0 radical (unpaired) electrons. The maximum absolute atomic E-state index is 12.4. The zero-order valence-corrected chi connectivity index (χ0v) is 14.4. The van der Waals surface area contributed by atoms with Gasteiger partial charge in [0.25, 0.3) is 5.91 Å². The standard InChI is InChI=1S/C18H25NO5/c1-13(23-12-15-10-7-11-22-15)18(21)24-16(17(20)19(2)3)14-8-5-4-6-9-14/h4-6,8-9,13,15-16H,7,10-12H2,1-3H3. The summed E-state index contributed by atoms with van der Waals surface area (Å²) in [6, 6.07) is 8.97. The van der Waals surface area contributed by atoms with Crippen LogP contribution < -0.4 is 0 Å². The lowest BCUT2D eigenvalue weighted by Crippen LogP contribution is -2.34. The van der Waals surface area contributed by atoms with Crippen molar-refractivity contribution in [2.24, 2.45) is 0 Å². The molecule has 2 rings (SSSR count). The van der Waals surface area contributed by atoms with Crippen molar-refractivity contribution < 1.29 is 23.8 Å². The van der Waals surface area contributed by atoms with Gasteiger partial charge in [0, 0.05) is 26.3 Å². The SMILES string of the molecule is CC(OCC1CCCO1)C(=O)OC(C(=O)N(C)C)c1ccccc1. The predicted octanol–water partition coefficient (Wildman–Crippen LogP) is 1.94. The van der Waals surface area contributed by atoms with Crippen molar-refractivity contribution in [1.82, 2.24) is 4.90 Å². The summed E-state index contributed by atoms with van der Waals surface area (Å²) in [7, 11) is 3.26. The van der Waals surface area contributed by atoms with Crippen LogP contribution >= 0.6 is 0 Å². The lowest BCUT2D eigenvalue weighted by Gasteiger charge is -2.23. The number of ether oxygens (including phenoxy) is 3. The van der Waals surface area contributed by atoms with E-state index in [0.29, 0.717) is 12.2 Å². The molecule has 1 fully saturated rings. The average molecular weight is 335 g/mol. The molecule has 6 heteroatoms. The van der Waals surface area contributed by atoms with Crippen LogP contribution in [0.2, 0.25) is 0 Å². The van der Waals surface area contributed by atoms with Crippen molar-refractivity contribution in [3.8, 4) is 0 Å². The predicted molar refractivity (Wildman–Crippen MR) is 88.4 cm³/mol. The van der Waals surface area contributed by atoms with Gasteiger partial charge in [-0.2, -0.15) is 0 Å². The number of hydrogen-bond donors (Lipinski definition) is 0. The Hall–Kier alpha value is -1.92. The fourth-order valence-corrected chi connectivity index (χ4v) is 2.43. The maximum Gasteiger partial charge on any atom is 0.336 e. The van der Waals surface area contributed by atoms with Gasteiger partial charge in [-0.05, 0) is 19.8 Å². The Morgan fingerprint density at radius 1 is 1.29 bits per heavy atom. The van der Waals surface area contributed by atoms with E-state index in [1.54, 1.807) is 45.3 Å². The number of nitrogens with zero attached hydrogens (tertiary/aromatic N) is 1. The van der Waals surface area contributed by atoms with E-state index in [1.807, 2.05) is 6.07 Å². The third kappa shape index (κ3) is 5.04. The number of rotatable bonds is 7. The lowest BCUT2D eigenvalue weighted by atomic mass is 10.1. The van der Waals surface area contributed by atoms with Gasteiger partial charge in [-0.3, -0.25) is 4.79 Å². The van der Waals surface area contributed by atoms with Crippen LogP contribution in [0.1, 0.15) is 31.4 Å². The molecule has 3 unspecified atom stereocenters. The molecule has 1 amide bonds. The summed E-state index contributed by atoms with van der Waals surface area (Å²) in [5.74, 6) is -0.849. The van der Waals surface area contributed by atoms with Gasteiger partial charge in [0.1, 0.15) is 0 Å². The smallest absolute Gasteiger partial charge is 0.336 e. The maximum atomic E-state index is 12.4. The molecule has 1 saturated heterocycles. The van der Waals surface area contributed by atoms with E-state index in [-0.39, 0.29) is 12.0 Å². The number of hydrogen-bond acceptors (Lipinski definition) is 5. The second-order valence-electron chi connectivity index (χ2n) is 6.07. The van der Waals surface area contributed by atoms with E-state index >= 15 is 0 Å². The van der Waals surface area contributed by atoms with Crippen LogP contribution in [-0.2, 0) is 23.8 Å². The summed E-state index contributed by atoms with van der Waals surface area (Å²) >= 11 is 0. The van der Waals surface area contributed by atoms with E-state index < -0.39 is 18.2 Å². The van der Waals surface area contributed by atoms with Crippen LogP contribution in [0.15, 0.2) is 30.3 Å². The van der Waals surface area contributed by atoms with Crippen LogP contribution in [0.5, 0.6) is 0 Å². The zero-order chi connectivity index (χ0) is 17.5. The molecule has 0 aromatic heterocycles. The third-order valence-electron chi connectivity index (χ3n) is 3.89. The van der Waals surface area contributed by atoms with Crippen molar-refractivity contribution in [2.45, 2.75) is 38.1 Å². The molecular weight excluding hydrogens is 310 g/mol. The van der Waals surface area contributed by atoms with Crippen LogP contribution in [0.3, 0.4) is 0 Å². The quantitative estimate of drug-likeness (QED) is 0.713. The highest BCUT2D eigenvalue weighted by molar-refractivity contribution is 5.85. The van der Waals surface area contributed by atoms with Gasteiger partial charge in [0.2, 0.25) is 6.10 Å². The molecule has 3 atom stereocenters. The van der Waals surface area contributed by atoms with Crippen LogP contribution in [0.25, 0.3) is 0 Å². The van der Waals surface area contributed by atoms with E-state index in [1.165, 1.54) is 4.90 Å². The summed E-state index contributed by atoms with van der Waals surface area (Å²) in [5, 5.41) is 0. The van der Waals surface area contributed by atoms with Gasteiger partial charge in [0.15, 0.2) is 6.10 Å². The van der Waals surface area contributed by atoms with Crippen LogP contribution in [0.4, 0.5) is 0 Å². The number of amides is 1. The van der Waals surface area contributed by atoms with Crippen molar-refractivity contribution >= 4 is 11.9 Å². The second kappa shape index (κ2) is 8.80. The van der Waals surface area contributed by atoms with Crippen LogP contribution in [0, 0.1) is 0 Å². The fraction of sp³-hybridized carbons (Fsp3) is 0.556. The molecule has 1 aliphatic rings. The fourth-order valence-electron chi connectivity index (χ4n) is 2.43. The van der Waals surface area contributed by atoms with Crippen molar-refractivity contribution in [3.63, 3.8) is 0 Å². The second-order valence-corrected chi connectivity index (χ2v) is 6.07. The Morgan fingerprint density at radius 3 is 2.58 bits per heavy atom. The molecule has 1 aromatic rings. The number of likely N-dealkylation sites (N-methyl/N-ethyl adjacent to an activating group) is 1. The largest absolute Gasteiger partial charge is 0.445 e. The third-order valence-corrected chi connectivity index (χ3v) is 3.89. The topological polar surface area (TPSA) is 65.1 Å². The van der Waals surface area contributed by atoms with Crippen LogP contribution in [-0.4, -0.2) is 56.3 Å². The molecular formula is C18H25NO5. The number of carbonyl (C=O) groups is 2. The Bertz CT molecular complexity index is 540. The van der Waals surface area contributed by atoms with Crippen molar-refractivity contribution in [2.75, 3.05) is 27.3 Å². The van der Waals surface area contributed by atoms with Gasteiger partial charge >= 0.3 is 5.97 Å². The molecule has 1 aromatic carbocycles. The minimum atomic E-state index is -0.970. The summed E-state index contributed by atoms with van der Waals surface area (Å²) in [6.45, 7) is 2.72. The first-order valence-electron chi connectivity index (χ1n) is 8.19. The molecule has 0 spiro atoms. The highest BCUT2D eigenvalue weighted by atomic mass is 16.6. The molecule has 6 nitrogen and oxygen atoms in total. The van der Waals surface area contributed by atoms with Crippen molar-refractivity contribution in [3.05, 3.63) is 35.9 Å². The van der Waals surface area contributed by atoms with E-state index in [2.05, 4.69) is 0 Å². The monoisotopic (exact) mass is 335 g/mol. The Kier molecular flexibility index (Phi) is 6.75. The average Bonchev–Trinajstić information content (AvgIpc) is 3.10. The molecule has 24 heavy (non-hydrogen) atoms. The van der Waals surface area contributed by atoms with E-state index in [4.69, 9.17) is 14.2 Å². The molecule has 0 N–H and O–H groups in total. The zero-order valence-electron chi connectivity index (χ0n) is 14.4. The summed E-state index contributed by atoms with van der Waals surface area (Å²) in [6.07, 6.45) is 0.264. The van der Waals surface area contributed by atoms with Crippen molar-refractivity contribution in [1.29, 1.82) is 0 Å². The van der Waals surface area contributed by atoms with Gasteiger partial charge in [-0.1, -0.05) is 30.3 Å². The normalized spacial score (nSPS) is 19.5. The molecule has 132 valence electrons. The van der Waals surface area contributed by atoms with Gasteiger partial charge in [-0.25, -0.2) is 4.79 Å². The first-order valence-corrected chi connectivity index (χ1v) is 8.19. The number of benzene rings is 1. The summed E-state index contributed by atoms with van der Waals surface area (Å²) in [4.78, 5) is 26.1. The highest BCUT2D eigenvalue weighted by Crippen LogP contribution is 2.21. The first kappa shape index (κ1) is 18.4. The summed E-state index contributed by atoms with van der Waals surface area (Å²) in [5.41, 5.74) is 0.635. The van der Waals surface area contributed by atoms with Gasteiger partial charge in [-0.15, -0.1) is 0 Å². The Labute approximate surface area is 142 Å². The number of esters is 1. The molecule has 1 heterocycles. The molecule has 0 aliphatic carbocycles. The van der Waals surface area contributed by atoms with E-state index in [0.717, 1.165) is 19.4 Å². The van der Waals surface area contributed by atoms with E-state index in [9.17, 15) is 9.59 Å². The molecule has 0 bridgehead atoms. The number of carbonyl (C=O) groups excluding carboxylic acids is 2. The minimum absolute atomic E-state index is 0.0357. The molecule has 0 saturated carbocycles. The summed E-state index contributed by atoms with van der Waals surface area (Å²) < 4.78 is 16.4. The Morgan fingerprint density at radius 2 is 2.00 bits per heavy atom. The Balaban J connectivity index is 1.97. The van der Waals surface area contributed by atoms with Gasteiger partial charge in [0.05, 0.1) is 12.7 Å². The van der Waals surface area contributed by atoms with Gasteiger partial charge < -0.3 is 19.1 Å². The lowest BCUT2D eigenvalue weighted by molar-refractivity contribution is -0.170. The highest BCUT2D eigenvalue weighted by Gasteiger charge is 2.29. The minimum Gasteiger partial charge on any atom is -0.445 e. The first-order chi connectivity index (χ1) is 11.5.